The van der Waals surface area contributed by atoms with Crippen LogP contribution in [0.5, 0.6) is 11.5 Å². The van der Waals surface area contributed by atoms with Gasteiger partial charge in [-0.3, -0.25) is 4.79 Å². The minimum atomic E-state index is -5.10. The quantitative estimate of drug-likeness (QED) is 0.208. The Bertz CT molecular complexity index is 1600. The molecule has 0 aromatic heterocycles. The zero-order chi connectivity index (χ0) is 29.7. The van der Waals surface area contributed by atoms with Crippen molar-refractivity contribution in [2.45, 2.75) is 12.3 Å². The molecule has 10 heteroatoms. The molecule has 0 aliphatic heterocycles. The van der Waals surface area contributed by atoms with Crippen LogP contribution in [-0.2, 0) is 11.0 Å². The van der Waals surface area contributed by atoms with Crippen LogP contribution in [0.3, 0.4) is 0 Å². The molecule has 43 heavy (non-hydrogen) atoms. The van der Waals surface area contributed by atoms with Crippen LogP contribution < -0.4 is 42.9 Å². The van der Waals surface area contributed by atoms with E-state index in [-0.39, 0.29) is 39.6 Å². The number of anilines is 1. The van der Waals surface area contributed by atoms with Crippen molar-refractivity contribution < 1.29 is 39.7 Å². The Balaban J connectivity index is 0.00000423. The summed E-state index contributed by atoms with van der Waals surface area (Å²) in [5.41, 5.74) is 0.366. The fraction of sp³-hybridized carbons (Fsp3) is 0.0606. The molecule has 0 saturated heterocycles. The number of carbonyl (C=O) groups is 1. The van der Waals surface area contributed by atoms with Crippen molar-refractivity contribution in [2.24, 2.45) is 0 Å². The first-order valence-electron chi connectivity index (χ1n) is 12.9. The lowest BCUT2D eigenvalue weighted by Gasteiger charge is -2.29. The lowest BCUT2D eigenvalue weighted by Crippen LogP contribution is -3.00. The Hall–Kier alpha value is -3.35. The van der Waals surface area contributed by atoms with E-state index in [1.54, 1.807) is 30.3 Å². The van der Waals surface area contributed by atoms with E-state index < -0.39 is 19.3 Å². The number of hydrogen-bond acceptors (Lipinski definition) is 2. The molecule has 3 nitrogen and oxygen atoms in total. The van der Waals surface area contributed by atoms with E-state index >= 15 is 0 Å². The second-order valence-electron chi connectivity index (χ2n) is 9.40. The first kappa shape index (κ1) is 32.6. The van der Waals surface area contributed by atoms with Crippen LogP contribution in [0.4, 0.5) is 18.9 Å². The van der Waals surface area contributed by atoms with Crippen LogP contribution in [0, 0.1) is 0 Å². The highest BCUT2D eigenvalue weighted by molar-refractivity contribution is 7.95. The minimum Gasteiger partial charge on any atom is -1.00 e. The van der Waals surface area contributed by atoms with Gasteiger partial charge in [-0.15, -0.1) is 0 Å². The number of carbonyl (C=O) groups excluding carboxylic acids is 1. The average molecular weight is 705 g/mol. The molecule has 0 heterocycles. The predicted octanol–water partition coefficient (Wildman–Crippen LogP) is 5.78. The molecule has 5 aromatic rings. The number of rotatable bonds is 8. The normalized spacial score (nSPS) is 11.4. The van der Waals surface area contributed by atoms with Gasteiger partial charge in [0.2, 0.25) is 0 Å². The third kappa shape index (κ3) is 7.25. The van der Waals surface area contributed by atoms with E-state index in [2.05, 4.69) is 5.32 Å². The zero-order valence-corrected chi connectivity index (χ0v) is 26.4. The third-order valence-corrected chi connectivity index (χ3v) is 11.7. The Kier molecular flexibility index (Phi) is 10.6. The molecule has 5 rings (SSSR count). The number of nitrogens with one attached hydrogen (secondary N) is 1. The molecule has 0 aliphatic carbocycles. The molecule has 0 fully saturated rings. The number of hydrogen-bond donors (Lipinski definition) is 1. The van der Waals surface area contributed by atoms with Crippen molar-refractivity contribution in [3.8, 4) is 11.5 Å². The van der Waals surface area contributed by atoms with Gasteiger partial charge in [-0.1, -0.05) is 89.9 Å². The molecular formula is C33H24BrCl2F3NO2P. The van der Waals surface area contributed by atoms with E-state index in [9.17, 15) is 18.0 Å². The van der Waals surface area contributed by atoms with Crippen molar-refractivity contribution >= 4 is 58.0 Å². The van der Waals surface area contributed by atoms with Gasteiger partial charge in [0.15, 0.2) is 0 Å². The second-order valence-corrected chi connectivity index (χ2v) is 13.7. The standard InChI is InChI=1S/C33H23Cl2F3NO2P.BrH/c34-27-18-10-11-19-30(27)41-31-20-23(29(21-28(31)35)39-32(40)33(36,37)38)22-42(24-12-4-1-5-13-24,25-14-6-2-7-15-25)26-16-8-3-9-17-26;/h1-21H,22H2;1H. The SMILES string of the molecule is O=C(Nc1cc(Cl)c(Oc2ccccc2Cl)cc1C[P+](c1ccccc1)(c1ccccc1)c1ccccc1)C(F)(F)F.[Br-]. The number of halogens is 6. The van der Waals surface area contributed by atoms with Gasteiger partial charge in [0.05, 0.1) is 10.0 Å². The zero-order valence-electron chi connectivity index (χ0n) is 22.4. The number of alkyl halides is 3. The highest BCUT2D eigenvalue weighted by Crippen LogP contribution is 2.59. The molecule has 0 radical (unpaired) electrons. The van der Waals surface area contributed by atoms with Gasteiger partial charge in [-0.25, -0.2) is 0 Å². The van der Waals surface area contributed by atoms with Gasteiger partial charge in [-0.05, 0) is 60.7 Å². The summed E-state index contributed by atoms with van der Waals surface area (Å²) in [7, 11) is -2.57. The average Bonchev–Trinajstić information content (AvgIpc) is 3.00. The third-order valence-electron chi connectivity index (χ3n) is 6.72. The van der Waals surface area contributed by atoms with Crippen molar-refractivity contribution in [1.29, 1.82) is 0 Å². The molecule has 0 unspecified atom stereocenters. The van der Waals surface area contributed by atoms with E-state index in [1.807, 2.05) is 91.0 Å². The Morgan fingerprint density at radius 2 is 1.14 bits per heavy atom. The Morgan fingerprint density at radius 1 is 0.674 bits per heavy atom. The van der Waals surface area contributed by atoms with Gasteiger partial charge < -0.3 is 27.0 Å². The molecular weight excluding hydrogens is 681 g/mol. The maximum absolute atomic E-state index is 13.4. The molecule has 0 bridgehead atoms. The minimum absolute atomic E-state index is 0. The fourth-order valence-electron chi connectivity index (χ4n) is 4.78. The second kappa shape index (κ2) is 14.0. The number of ether oxygens (including phenoxy) is 1. The molecule has 0 atom stereocenters. The smallest absolute Gasteiger partial charge is 0.471 e. The van der Waals surface area contributed by atoms with E-state index in [4.69, 9.17) is 27.9 Å². The highest BCUT2D eigenvalue weighted by Gasteiger charge is 2.46. The molecule has 1 amide bonds. The van der Waals surface area contributed by atoms with Gasteiger partial charge >= 0.3 is 12.1 Å². The molecule has 1 N–H and O–H groups in total. The van der Waals surface area contributed by atoms with Crippen LogP contribution >= 0.6 is 30.5 Å². The maximum Gasteiger partial charge on any atom is 0.471 e. The molecule has 0 saturated carbocycles. The largest absolute Gasteiger partial charge is 1.00 e. The lowest BCUT2D eigenvalue weighted by molar-refractivity contribution is -0.167. The first-order valence-corrected chi connectivity index (χ1v) is 15.6. The topological polar surface area (TPSA) is 38.3 Å². The van der Waals surface area contributed by atoms with Gasteiger partial charge in [-0.2, -0.15) is 13.2 Å². The summed E-state index contributed by atoms with van der Waals surface area (Å²) in [6.07, 6.45) is -4.84. The predicted molar refractivity (Wildman–Crippen MR) is 167 cm³/mol. The number of amides is 1. The van der Waals surface area contributed by atoms with E-state index in [1.165, 1.54) is 6.07 Å². The van der Waals surface area contributed by atoms with Crippen LogP contribution in [0.15, 0.2) is 127 Å². The Morgan fingerprint density at radius 3 is 1.60 bits per heavy atom. The summed E-state index contributed by atoms with van der Waals surface area (Å²) in [5, 5.41) is 5.45. The summed E-state index contributed by atoms with van der Waals surface area (Å²) in [6, 6.07) is 39.2. The number of benzene rings is 5. The molecule has 0 aliphatic rings. The first-order chi connectivity index (χ1) is 20.2. The molecule has 220 valence electrons. The van der Waals surface area contributed by atoms with Crippen molar-refractivity contribution in [1.82, 2.24) is 0 Å². The van der Waals surface area contributed by atoms with Gasteiger partial charge in [0.25, 0.3) is 0 Å². The number of para-hydroxylation sites is 1. The van der Waals surface area contributed by atoms with E-state index in [0.717, 1.165) is 15.9 Å². The van der Waals surface area contributed by atoms with Crippen molar-refractivity contribution in [3.05, 3.63) is 143 Å². The molecule has 0 spiro atoms. The van der Waals surface area contributed by atoms with Crippen molar-refractivity contribution in [2.75, 3.05) is 5.32 Å². The van der Waals surface area contributed by atoms with Crippen LogP contribution in [0.25, 0.3) is 0 Å². The van der Waals surface area contributed by atoms with E-state index in [0.29, 0.717) is 16.3 Å². The summed E-state index contributed by atoms with van der Waals surface area (Å²) in [5.74, 6) is -1.57. The summed E-state index contributed by atoms with van der Waals surface area (Å²) in [6.45, 7) is 0. The summed E-state index contributed by atoms with van der Waals surface area (Å²) < 4.78 is 46.4. The van der Waals surface area contributed by atoms with Crippen LogP contribution in [0.1, 0.15) is 5.56 Å². The van der Waals surface area contributed by atoms with Crippen LogP contribution in [-0.4, -0.2) is 12.1 Å². The summed E-state index contributed by atoms with van der Waals surface area (Å²) in [4.78, 5) is 12.2. The van der Waals surface area contributed by atoms with Crippen LogP contribution in [0.2, 0.25) is 10.0 Å². The highest BCUT2D eigenvalue weighted by atomic mass is 79.9. The Labute approximate surface area is 268 Å². The fourth-order valence-corrected chi connectivity index (χ4v) is 9.42. The van der Waals surface area contributed by atoms with Crippen molar-refractivity contribution in [3.63, 3.8) is 0 Å². The summed E-state index contributed by atoms with van der Waals surface area (Å²) >= 11 is 12.9. The van der Waals surface area contributed by atoms with Gasteiger partial charge in [0.1, 0.15) is 40.8 Å². The molecule has 5 aromatic carbocycles. The lowest BCUT2D eigenvalue weighted by atomic mass is 10.2. The maximum atomic E-state index is 13.4. The van der Waals surface area contributed by atoms with Gasteiger partial charge in [0, 0.05) is 11.3 Å². The monoisotopic (exact) mass is 703 g/mol.